The summed E-state index contributed by atoms with van der Waals surface area (Å²) in [5, 5.41) is 22.9. The summed E-state index contributed by atoms with van der Waals surface area (Å²) < 4.78 is 0. The van der Waals surface area contributed by atoms with Gasteiger partial charge >= 0.3 is 5.69 Å². The molecule has 0 atom stereocenters. The van der Waals surface area contributed by atoms with Crippen molar-refractivity contribution >= 4 is 11.5 Å². The summed E-state index contributed by atoms with van der Waals surface area (Å²) in [6.45, 7) is 2.93. The highest BCUT2D eigenvalue weighted by atomic mass is 16.6. The van der Waals surface area contributed by atoms with Crippen molar-refractivity contribution in [2.24, 2.45) is 11.8 Å². The van der Waals surface area contributed by atoms with E-state index in [1.54, 1.807) is 0 Å². The number of hydrogen-bond acceptors (Lipinski definition) is 5. The van der Waals surface area contributed by atoms with Crippen LogP contribution in [-0.2, 0) is 0 Å². The van der Waals surface area contributed by atoms with Crippen molar-refractivity contribution in [1.82, 2.24) is 4.98 Å². The van der Waals surface area contributed by atoms with Crippen LogP contribution in [-0.4, -0.2) is 16.5 Å². The predicted octanol–water partition coefficient (Wildman–Crippen LogP) is 3.49. The van der Waals surface area contributed by atoms with Gasteiger partial charge in [0.15, 0.2) is 0 Å². The molecule has 0 aliphatic heterocycles. The van der Waals surface area contributed by atoms with Crippen LogP contribution in [0.2, 0.25) is 0 Å². The smallest absolute Gasteiger partial charge is 0.312 e. The van der Waals surface area contributed by atoms with E-state index >= 15 is 0 Å². The molecule has 1 N–H and O–H groups in total. The highest BCUT2D eigenvalue weighted by Gasteiger charge is 2.22. The van der Waals surface area contributed by atoms with Gasteiger partial charge in [-0.3, -0.25) is 10.1 Å². The lowest BCUT2D eigenvalue weighted by Gasteiger charge is -2.27. The second kappa shape index (κ2) is 7.02. The van der Waals surface area contributed by atoms with Crippen molar-refractivity contribution in [2.45, 2.75) is 39.0 Å². The Balaban J connectivity index is 1.97. The molecular weight excluding hydrogens is 268 g/mol. The molecule has 0 saturated heterocycles. The molecule has 0 aromatic carbocycles. The number of hydrogen-bond donors (Lipinski definition) is 1. The van der Waals surface area contributed by atoms with Crippen LogP contribution in [0.5, 0.6) is 0 Å². The molecule has 0 radical (unpaired) electrons. The Morgan fingerprint density at radius 1 is 1.43 bits per heavy atom. The molecule has 112 valence electrons. The van der Waals surface area contributed by atoms with Crippen molar-refractivity contribution in [3.63, 3.8) is 0 Å². The normalized spacial score (nSPS) is 21.5. The molecule has 1 heterocycles. The van der Waals surface area contributed by atoms with Crippen LogP contribution >= 0.6 is 0 Å². The number of nitriles is 1. The van der Waals surface area contributed by atoms with Gasteiger partial charge in [-0.1, -0.05) is 26.2 Å². The third-order valence-electron chi connectivity index (χ3n) is 4.30. The van der Waals surface area contributed by atoms with Crippen LogP contribution in [0.4, 0.5) is 11.5 Å². The molecule has 0 bridgehead atoms. The highest BCUT2D eigenvalue weighted by Crippen LogP contribution is 2.31. The van der Waals surface area contributed by atoms with Crippen molar-refractivity contribution in [3.8, 4) is 6.07 Å². The Labute approximate surface area is 124 Å². The monoisotopic (exact) mass is 288 g/mol. The fourth-order valence-corrected chi connectivity index (χ4v) is 2.87. The average molecular weight is 288 g/mol. The van der Waals surface area contributed by atoms with Gasteiger partial charge in [0.1, 0.15) is 6.07 Å². The number of rotatable bonds is 5. The Hall–Kier alpha value is -2.16. The molecular formula is C15H20N4O2. The van der Waals surface area contributed by atoms with Gasteiger partial charge in [-0.25, -0.2) is 4.98 Å². The molecule has 0 spiro atoms. The molecule has 1 aliphatic rings. The lowest BCUT2D eigenvalue weighted by molar-refractivity contribution is -0.384. The van der Waals surface area contributed by atoms with Crippen LogP contribution in [0.25, 0.3) is 0 Å². The minimum atomic E-state index is -0.496. The summed E-state index contributed by atoms with van der Waals surface area (Å²) in [6, 6.07) is 3.14. The molecule has 1 fully saturated rings. The number of aromatic nitrogens is 1. The molecule has 1 saturated carbocycles. The first-order chi connectivity index (χ1) is 10.1. The Morgan fingerprint density at radius 2 is 2.10 bits per heavy atom. The van der Waals surface area contributed by atoms with Crippen LogP contribution < -0.4 is 5.32 Å². The third-order valence-corrected chi connectivity index (χ3v) is 4.30. The van der Waals surface area contributed by atoms with Gasteiger partial charge in [-0.2, -0.15) is 5.26 Å². The maximum absolute atomic E-state index is 11.0. The minimum absolute atomic E-state index is 0.128. The maximum atomic E-state index is 11.0. The standard InChI is InChI=1S/C15H20N4O2/c1-2-11-3-5-12(6-4-11)9-17-15-14(19(20)21)7-13(8-16)10-18-15/h7,10-12H,2-6,9H2,1H3,(H,17,18). The number of pyridine rings is 1. The quantitative estimate of drug-likeness (QED) is 0.661. The Bertz CT molecular complexity index is 545. The second-order valence-corrected chi connectivity index (χ2v) is 5.64. The van der Waals surface area contributed by atoms with E-state index in [0.717, 1.165) is 18.8 Å². The van der Waals surface area contributed by atoms with Gasteiger partial charge in [0.2, 0.25) is 5.82 Å². The van der Waals surface area contributed by atoms with E-state index < -0.39 is 4.92 Å². The molecule has 0 unspecified atom stereocenters. The Kier molecular flexibility index (Phi) is 5.09. The summed E-state index contributed by atoms with van der Waals surface area (Å²) >= 11 is 0. The number of nitrogens with one attached hydrogen (secondary N) is 1. The highest BCUT2D eigenvalue weighted by molar-refractivity contribution is 5.58. The van der Waals surface area contributed by atoms with Gasteiger partial charge in [0, 0.05) is 18.8 Å². The number of nitro groups is 1. The van der Waals surface area contributed by atoms with Gasteiger partial charge < -0.3 is 5.32 Å². The van der Waals surface area contributed by atoms with Crippen molar-refractivity contribution < 1.29 is 4.92 Å². The number of anilines is 1. The average Bonchev–Trinajstić information content (AvgIpc) is 2.53. The van der Waals surface area contributed by atoms with E-state index in [1.807, 2.05) is 6.07 Å². The lowest BCUT2D eigenvalue weighted by Crippen LogP contribution is -2.21. The van der Waals surface area contributed by atoms with Crippen LogP contribution in [0.3, 0.4) is 0 Å². The van der Waals surface area contributed by atoms with Crippen LogP contribution in [0, 0.1) is 33.3 Å². The first-order valence-electron chi connectivity index (χ1n) is 7.42. The predicted molar refractivity (Wildman–Crippen MR) is 79.8 cm³/mol. The fourth-order valence-electron chi connectivity index (χ4n) is 2.87. The summed E-state index contributed by atoms with van der Waals surface area (Å²) in [5.41, 5.74) is 0.0759. The fraction of sp³-hybridized carbons (Fsp3) is 0.600. The summed E-state index contributed by atoms with van der Waals surface area (Å²) in [5.74, 6) is 1.64. The first kappa shape index (κ1) is 15.2. The molecule has 1 aliphatic carbocycles. The van der Waals surface area contributed by atoms with Crippen molar-refractivity contribution in [2.75, 3.05) is 11.9 Å². The van der Waals surface area contributed by atoms with E-state index in [0.29, 0.717) is 12.5 Å². The van der Waals surface area contributed by atoms with Crippen molar-refractivity contribution in [1.29, 1.82) is 5.26 Å². The van der Waals surface area contributed by atoms with Gasteiger partial charge in [-0.15, -0.1) is 0 Å². The molecule has 6 nitrogen and oxygen atoms in total. The maximum Gasteiger partial charge on any atom is 0.312 e. The molecule has 0 amide bonds. The molecule has 21 heavy (non-hydrogen) atoms. The van der Waals surface area contributed by atoms with E-state index in [-0.39, 0.29) is 17.1 Å². The van der Waals surface area contributed by atoms with Crippen LogP contribution in [0.15, 0.2) is 12.3 Å². The molecule has 1 aromatic heterocycles. The SMILES string of the molecule is CCC1CCC(CNc2ncc(C#N)cc2[N+](=O)[O-])CC1. The summed E-state index contributed by atoms with van der Waals surface area (Å²) in [6.07, 6.45) is 7.41. The lowest BCUT2D eigenvalue weighted by atomic mass is 9.81. The zero-order chi connectivity index (χ0) is 15.2. The topological polar surface area (TPSA) is 91.8 Å². The van der Waals surface area contributed by atoms with E-state index in [1.165, 1.54) is 31.5 Å². The van der Waals surface area contributed by atoms with E-state index in [4.69, 9.17) is 5.26 Å². The molecule has 1 aromatic rings. The summed E-state index contributed by atoms with van der Waals surface area (Å²) in [7, 11) is 0. The second-order valence-electron chi connectivity index (χ2n) is 5.64. The zero-order valence-corrected chi connectivity index (χ0v) is 12.2. The number of nitrogens with zero attached hydrogens (tertiary/aromatic N) is 3. The first-order valence-corrected chi connectivity index (χ1v) is 7.42. The van der Waals surface area contributed by atoms with E-state index in [2.05, 4.69) is 17.2 Å². The van der Waals surface area contributed by atoms with Crippen LogP contribution in [0.1, 0.15) is 44.6 Å². The third kappa shape index (κ3) is 3.91. The van der Waals surface area contributed by atoms with Gasteiger partial charge in [0.05, 0.1) is 10.5 Å². The molecule has 6 heteroatoms. The Morgan fingerprint density at radius 3 is 2.67 bits per heavy atom. The zero-order valence-electron chi connectivity index (χ0n) is 12.2. The van der Waals surface area contributed by atoms with E-state index in [9.17, 15) is 10.1 Å². The summed E-state index contributed by atoms with van der Waals surface area (Å²) in [4.78, 5) is 14.6. The molecule has 2 rings (SSSR count). The van der Waals surface area contributed by atoms with Gasteiger partial charge in [-0.05, 0) is 24.7 Å². The minimum Gasteiger partial charge on any atom is -0.364 e. The van der Waals surface area contributed by atoms with Gasteiger partial charge in [0.25, 0.3) is 0 Å². The largest absolute Gasteiger partial charge is 0.364 e. The van der Waals surface area contributed by atoms with Crippen molar-refractivity contribution in [3.05, 3.63) is 27.9 Å².